The lowest BCUT2D eigenvalue weighted by atomic mass is 10.1. The van der Waals surface area contributed by atoms with Gasteiger partial charge in [0.2, 0.25) is 17.6 Å². The molecule has 1 amide bonds. The zero-order valence-electron chi connectivity index (χ0n) is 14.9. The van der Waals surface area contributed by atoms with Crippen LogP contribution in [0.4, 0.5) is 4.39 Å². The van der Waals surface area contributed by atoms with Crippen LogP contribution in [0.1, 0.15) is 17.9 Å². The van der Waals surface area contributed by atoms with Gasteiger partial charge >= 0.3 is 0 Å². The number of carbonyl (C=O) groups is 1. The largest absolute Gasteiger partial charge is 0.496 e. The lowest BCUT2D eigenvalue weighted by Gasteiger charge is -2.08. The smallest absolute Gasteiger partial charge is 0.227 e. The van der Waals surface area contributed by atoms with Crippen LogP contribution in [0.5, 0.6) is 5.75 Å². The molecule has 140 valence electrons. The quantitative estimate of drug-likeness (QED) is 0.660. The van der Waals surface area contributed by atoms with Crippen LogP contribution in [0.25, 0.3) is 11.4 Å². The zero-order valence-corrected chi connectivity index (χ0v) is 14.9. The molecule has 1 heterocycles. The highest BCUT2D eigenvalue weighted by Crippen LogP contribution is 2.18. The lowest BCUT2D eigenvalue weighted by molar-refractivity contribution is -0.121. The number of methoxy groups -OCH3 is 1. The van der Waals surface area contributed by atoms with Gasteiger partial charge in [0.05, 0.1) is 7.11 Å². The van der Waals surface area contributed by atoms with Crippen molar-refractivity contribution in [2.75, 3.05) is 13.7 Å². The van der Waals surface area contributed by atoms with E-state index < -0.39 is 0 Å². The molecule has 1 N–H and O–H groups in total. The van der Waals surface area contributed by atoms with Crippen LogP contribution in [-0.4, -0.2) is 29.7 Å². The molecule has 0 fully saturated rings. The summed E-state index contributed by atoms with van der Waals surface area (Å²) in [5.41, 5.74) is 1.70. The van der Waals surface area contributed by atoms with Crippen molar-refractivity contribution in [3.63, 3.8) is 0 Å². The van der Waals surface area contributed by atoms with E-state index in [4.69, 9.17) is 9.26 Å². The fraction of sp³-hybridized carbons (Fsp3) is 0.250. The Morgan fingerprint density at radius 1 is 1.15 bits per heavy atom. The van der Waals surface area contributed by atoms with Gasteiger partial charge in [-0.2, -0.15) is 4.98 Å². The van der Waals surface area contributed by atoms with Crippen LogP contribution in [-0.2, 0) is 17.6 Å². The summed E-state index contributed by atoms with van der Waals surface area (Å²) < 4.78 is 23.4. The van der Waals surface area contributed by atoms with E-state index in [1.54, 1.807) is 19.2 Å². The molecule has 0 saturated carbocycles. The van der Waals surface area contributed by atoms with Crippen molar-refractivity contribution in [1.29, 1.82) is 0 Å². The SMILES string of the molecule is COc1ccccc1CCNC(=O)CCc1nc(-c2ccc(F)cc2)no1. The first-order chi connectivity index (χ1) is 13.2. The minimum Gasteiger partial charge on any atom is -0.496 e. The number of ether oxygens (including phenoxy) is 1. The first-order valence-corrected chi connectivity index (χ1v) is 8.63. The Balaban J connectivity index is 1.45. The zero-order chi connectivity index (χ0) is 19.1. The van der Waals surface area contributed by atoms with E-state index in [1.807, 2.05) is 24.3 Å². The second kappa shape index (κ2) is 8.93. The van der Waals surface area contributed by atoms with Gasteiger partial charge in [-0.1, -0.05) is 23.4 Å². The van der Waals surface area contributed by atoms with Crippen LogP contribution in [0.2, 0.25) is 0 Å². The summed E-state index contributed by atoms with van der Waals surface area (Å²) in [6.07, 6.45) is 1.27. The molecule has 6 nitrogen and oxygen atoms in total. The minimum absolute atomic E-state index is 0.0913. The van der Waals surface area contributed by atoms with Crippen molar-refractivity contribution in [2.45, 2.75) is 19.3 Å². The highest BCUT2D eigenvalue weighted by atomic mass is 19.1. The molecule has 27 heavy (non-hydrogen) atoms. The maximum atomic E-state index is 13.0. The number of aromatic nitrogens is 2. The molecule has 0 atom stereocenters. The van der Waals surface area contributed by atoms with Gasteiger partial charge in [0.15, 0.2) is 0 Å². The molecule has 3 rings (SSSR count). The van der Waals surface area contributed by atoms with E-state index in [-0.39, 0.29) is 18.1 Å². The molecule has 7 heteroatoms. The number of hydrogen-bond acceptors (Lipinski definition) is 5. The Hall–Kier alpha value is -3.22. The molecule has 1 aromatic heterocycles. The van der Waals surface area contributed by atoms with Gasteiger partial charge in [0, 0.05) is 24.9 Å². The van der Waals surface area contributed by atoms with Crippen LogP contribution in [0.3, 0.4) is 0 Å². The van der Waals surface area contributed by atoms with Crippen molar-refractivity contribution < 1.29 is 18.4 Å². The monoisotopic (exact) mass is 369 g/mol. The molecular weight excluding hydrogens is 349 g/mol. The first kappa shape index (κ1) is 18.6. The van der Waals surface area contributed by atoms with Crippen molar-refractivity contribution in [1.82, 2.24) is 15.5 Å². The summed E-state index contributed by atoms with van der Waals surface area (Å²) >= 11 is 0. The number of benzene rings is 2. The number of halogens is 1. The Morgan fingerprint density at radius 3 is 2.70 bits per heavy atom. The van der Waals surface area contributed by atoms with Gasteiger partial charge in [0.1, 0.15) is 11.6 Å². The molecule has 0 aliphatic carbocycles. The predicted octanol–water partition coefficient (Wildman–Crippen LogP) is 3.18. The number of rotatable bonds is 8. The van der Waals surface area contributed by atoms with E-state index in [2.05, 4.69) is 15.5 Å². The Kier molecular flexibility index (Phi) is 6.14. The van der Waals surface area contributed by atoms with E-state index in [9.17, 15) is 9.18 Å². The van der Waals surface area contributed by atoms with Crippen molar-refractivity contribution in [2.24, 2.45) is 0 Å². The maximum Gasteiger partial charge on any atom is 0.227 e. The van der Waals surface area contributed by atoms with Crippen LogP contribution >= 0.6 is 0 Å². The fourth-order valence-electron chi connectivity index (χ4n) is 2.63. The molecule has 3 aromatic rings. The third kappa shape index (κ3) is 5.13. The summed E-state index contributed by atoms with van der Waals surface area (Å²) in [5, 5.41) is 6.73. The molecule has 0 radical (unpaired) electrons. The van der Waals surface area contributed by atoms with E-state index in [0.717, 1.165) is 11.3 Å². The average Bonchev–Trinajstić information content (AvgIpc) is 3.16. The second-order valence-electron chi connectivity index (χ2n) is 5.93. The van der Waals surface area contributed by atoms with Crippen LogP contribution < -0.4 is 10.1 Å². The minimum atomic E-state index is -0.327. The third-order valence-electron chi connectivity index (χ3n) is 4.05. The highest BCUT2D eigenvalue weighted by Gasteiger charge is 2.11. The highest BCUT2D eigenvalue weighted by molar-refractivity contribution is 5.76. The number of amides is 1. The second-order valence-corrected chi connectivity index (χ2v) is 5.93. The summed E-state index contributed by atoms with van der Waals surface area (Å²) in [6, 6.07) is 13.5. The molecule has 0 saturated heterocycles. The number of aryl methyl sites for hydroxylation is 1. The number of nitrogens with zero attached hydrogens (tertiary/aromatic N) is 2. The molecular formula is C20H20FN3O3. The molecule has 0 bridgehead atoms. The number of hydrogen-bond donors (Lipinski definition) is 1. The summed E-state index contributed by atoms with van der Waals surface area (Å²) in [7, 11) is 1.63. The third-order valence-corrected chi connectivity index (χ3v) is 4.05. The molecule has 0 unspecified atom stereocenters. The maximum absolute atomic E-state index is 13.0. The summed E-state index contributed by atoms with van der Waals surface area (Å²) in [4.78, 5) is 16.2. The molecule has 0 aliphatic heterocycles. The summed E-state index contributed by atoms with van der Waals surface area (Å²) in [5.74, 6) is 1.14. The van der Waals surface area contributed by atoms with Crippen LogP contribution in [0.15, 0.2) is 53.1 Å². The first-order valence-electron chi connectivity index (χ1n) is 8.63. The Labute approximate surface area is 156 Å². The van der Waals surface area contributed by atoms with Gasteiger partial charge in [-0.25, -0.2) is 4.39 Å². The van der Waals surface area contributed by atoms with Crippen molar-refractivity contribution >= 4 is 5.91 Å². The van der Waals surface area contributed by atoms with Gasteiger partial charge < -0.3 is 14.6 Å². The Bertz CT molecular complexity index is 893. The van der Waals surface area contributed by atoms with Crippen molar-refractivity contribution in [3.05, 3.63) is 65.8 Å². The number of carbonyl (C=O) groups excluding carboxylic acids is 1. The number of nitrogens with one attached hydrogen (secondary N) is 1. The normalized spacial score (nSPS) is 10.6. The van der Waals surface area contributed by atoms with Gasteiger partial charge in [-0.05, 0) is 42.3 Å². The van der Waals surface area contributed by atoms with Gasteiger partial charge in [0.25, 0.3) is 0 Å². The Morgan fingerprint density at radius 2 is 1.93 bits per heavy atom. The molecule has 0 aliphatic rings. The standard InChI is InChI=1S/C20H20FN3O3/c1-26-17-5-3-2-4-14(17)12-13-22-18(25)10-11-19-23-20(24-27-19)15-6-8-16(21)9-7-15/h2-9H,10-13H2,1H3,(H,22,25). The van der Waals surface area contributed by atoms with Crippen molar-refractivity contribution in [3.8, 4) is 17.1 Å². The van der Waals surface area contributed by atoms with E-state index in [0.29, 0.717) is 36.7 Å². The fourth-order valence-corrected chi connectivity index (χ4v) is 2.63. The molecule has 0 spiro atoms. The van der Waals surface area contributed by atoms with Gasteiger partial charge in [-0.15, -0.1) is 0 Å². The van der Waals surface area contributed by atoms with Crippen LogP contribution in [0, 0.1) is 5.82 Å². The predicted molar refractivity (Wildman–Crippen MR) is 97.7 cm³/mol. The average molecular weight is 369 g/mol. The van der Waals surface area contributed by atoms with E-state index in [1.165, 1.54) is 12.1 Å². The van der Waals surface area contributed by atoms with E-state index >= 15 is 0 Å². The number of para-hydroxylation sites is 1. The molecule has 2 aromatic carbocycles. The van der Waals surface area contributed by atoms with Gasteiger partial charge in [-0.3, -0.25) is 4.79 Å². The lowest BCUT2D eigenvalue weighted by Crippen LogP contribution is -2.26. The topological polar surface area (TPSA) is 77.2 Å². The summed E-state index contributed by atoms with van der Waals surface area (Å²) in [6.45, 7) is 0.518.